The average Bonchev–Trinajstić information content (AvgIpc) is 2.71. The molecule has 160 valence electrons. The van der Waals surface area contributed by atoms with Crippen LogP contribution in [0, 0.1) is 5.82 Å². The molecule has 1 aliphatic rings. The fourth-order valence-corrected chi connectivity index (χ4v) is 3.06. The standard InChI is InChI=1S/C19H27FN4O5/c1-13(25)22-19(27)21-6-4-5-17(26)24-9-7-23(8-10-24)14-11-15(28-2)18(20)16(12-14)29-3/h11-12H,4-10H2,1-3H3,(H2,21,22,25,27). The highest BCUT2D eigenvalue weighted by Crippen LogP contribution is 2.33. The molecule has 0 aliphatic carbocycles. The Labute approximate surface area is 169 Å². The third-order valence-electron chi connectivity index (χ3n) is 4.57. The van der Waals surface area contributed by atoms with Gasteiger partial charge in [-0.2, -0.15) is 4.39 Å². The second-order valence-electron chi connectivity index (χ2n) is 6.57. The zero-order chi connectivity index (χ0) is 21.4. The molecule has 0 atom stereocenters. The SMILES string of the molecule is COc1cc(N2CCN(C(=O)CCCNC(=O)NC(C)=O)CC2)cc(OC)c1F. The van der Waals surface area contributed by atoms with Crippen LogP contribution in [0.5, 0.6) is 11.5 Å². The molecule has 10 heteroatoms. The Balaban J connectivity index is 1.81. The Hall–Kier alpha value is -3.04. The van der Waals surface area contributed by atoms with Crippen molar-refractivity contribution in [1.82, 2.24) is 15.5 Å². The first kappa shape index (κ1) is 22.3. The van der Waals surface area contributed by atoms with E-state index >= 15 is 0 Å². The minimum atomic E-state index is -0.566. The van der Waals surface area contributed by atoms with E-state index in [4.69, 9.17) is 9.47 Å². The summed E-state index contributed by atoms with van der Waals surface area (Å²) in [7, 11) is 2.80. The molecular weight excluding hydrogens is 383 g/mol. The predicted molar refractivity (Wildman–Crippen MR) is 105 cm³/mol. The summed E-state index contributed by atoms with van der Waals surface area (Å²) in [5.41, 5.74) is 0.771. The van der Waals surface area contributed by atoms with E-state index in [1.54, 1.807) is 17.0 Å². The quantitative estimate of drug-likeness (QED) is 0.654. The largest absolute Gasteiger partial charge is 0.493 e. The monoisotopic (exact) mass is 410 g/mol. The number of methoxy groups -OCH3 is 2. The van der Waals surface area contributed by atoms with E-state index in [9.17, 15) is 18.8 Å². The number of nitrogens with one attached hydrogen (secondary N) is 2. The molecule has 1 aliphatic heterocycles. The van der Waals surface area contributed by atoms with Gasteiger partial charge in [-0.15, -0.1) is 0 Å². The van der Waals surface area contributed by atoms with Gasteiger partial charge in [-0.05, 0) is 6.42 Å². The van der Waals surface area contributed by atoms with Crippen molar-refractivity contribution >= 4 is 23.5 Å². The van der Waals surface area contributed by atoms with Gasteiger partial charge >= 0.3 is 6.03 Å². The second-order valence-corrected chi connectivity index (χ2v) is 6.57. The first-order valence-electron chi connectivity index (χ1n) is 9.35. The number of hydrogen-bond donors (Lipinski definition) is 2. The van der Waals surface area contributed by atoms with Crippen molar-refractivity contribution in [1.29, 1.82) is 0 Å². The lowest BCUT2D eigenvalue weighted by Crippen LogP contribution is -2.49. The van der Waals surface area contributed by atoms with Gasteiger partial charge < -0.3 is 24.6 Å². The van der Waals surface area contributed by atoms with Crippen molar-refractivity contribution < 1.29 is 28.2 Å². The van der Waals surface area contributed by atoms with Gasteiger partial charge in [-0.3, -0.25) is 14.9 Å². The topological polar surface area (TPSA) is 100 Å². The second kappa shape index (κ2) is 10.5. The summed E-state index contributed by atoms with van der Waals surface area (Å²) in [6, 6.07) is 2.67. The van der Waals surface area contributed by atoms with Gasteiger partial charge in [0.05, 0.1) is 14.2 Å². The number of anilines is 1. The van der Waals surface area contributed by atoms with Crippen molar-refractivity contribution in [2.75, 3.05) is 51.8 Å². The number of rotatable bonds is 7. The minimum Gasteiger partial charge on any atom is -0.493 e. The van der Waals surface area contributed by atoms with Crippen LogP contribution in [-0.4, -0.2) is 69.7 Å². The molecule has 2 rings (SSSR count). The van der Waals surface area contributed by atoms with Crippen LogP contribution < -0.4 is 25.0 Å². The third-order valence-corrected chi connectivity index (χ3v) is 4.57. The summed E-state index contributed by atoms with van der Waals surface area (Å²) in [5.74, 6) is -0.753. The molecule has 4 amide bonds. The lowest BCUT2D eigenvalue weighted by Gasteiger charge is -2.36. The number of hydrogen-bond acceptors (Lipinski definition) is 6. The van der Waals surface area contributed by atoms with E-state index < -0.39 is 17.8 Å². The van der Waals surface area contributed by atoms with Crippen molar-refractivity contribution in [2.45, 2.75) is 19.8 Å². The number of nitrogens with zero attached hydrogens (tertiary/aromatic N) is 2. The summed E-state index contributed by atoms with van der Waals surface area (Å²) in [5, 5.41) is 4.63. The normalized spacial score (nSPS) is 13.7. The molecule has 0 bridgehead atoms. The number of halogens is 1. The van der Waals surface area contributed by atoms with E-state index in [-0.39, 0.29) is 17.4 Å². The highest BCUT2D eigenvalue weighted by Gasteiger charge is 2.23. The van der Waals surface area contributed by atoms with E-state index in [0.717, 1.165) is 5.69 Å². The molecule has 0 saturated carbocycles. The van der Waals surface area contributed by atoms with Gasteiger partial charge in [-0.25, -0.2) is 4.79 Å². The predicted octanol–water partition coefficient (Wildman–Crippen LogP) is 1.12. The number of benzene rings is 1. The molecule has 0 spiro atoms. The molecular formula is C19H27FN4O5. The van der Waals surface area contributed by atoms with Crippen molar-refractivity contribution in [2.24, 2.45) is 0 Å². The molecule has 1 aromatic rings. The van der Waals surface area contributed by atoms with Crippen LogP contribution in [0.3, 0.4) is 0 Å². The maximum Gasteiger partial charge on any atom is 0.321 e. The smallest absolute Gasteiger partial charge is 0.321 e. The van der Waals surface area contributed by atoms with Crippen molar-refractivity contribution in [3.63, 3.8) is 0 Å². The molecule has 0 unspecified atom stereocenters. The Bertz CT molecular complexity index is 725. The fourth-order valence-electron chi connectivity index (χ4n) is 3.06. The highest BCUT2D eigenvalue weighted by molar-refractivity contribution is 5.92. The lowest BCUT2D eigenvalue weighted by atomic mass is 10.2. The van der Waals surface area contributed by atoms with Gasteiger partial charge in [-0.1, -0.05) is 0 Å². The van der Waals surface area contributed by atoms with Crippen LogP contribution in [-0.2, 0) is 9.59 Å². The van der Waals surface area contributed by atoms with E-state index in [1.165, 1.54) is 21.1 Å². The highest BCUT2D eigenvalue weighted by atomic mass is 19.1. The molecule has 0 aromatic heterocycles. The zero-order valence-corrected chi connectivity index (χ0v) is 16.9. The van der Waals surface area contributed by atoms with Crippen molar-refractivity contribution in [3.8, 4) is 11.5 Å². The summed E-state index contributed by atoms with van der Waals surface area (Å²) >= 11 is 0. The van der Waals surface area contributed by atoms with Crippen LogP contribution >= 0.6 is 0 Å². The van der Waals surface area contributed by atoms with Crippen molar-refractivity contribution in [3.05, 3.63) is 17.9 Å². The number of urea groups is 1. The van der Waals surface area contributed by atoms with Gasteiger partial charge in [0.1, 0.15) is 0 Å². The van der Waals surface area contributed by atoms with E-state index in [0.29, 0.717) is 45.6 Å². The molecule has 29 heavy (non-hydrogen) atoms. The third kappa shape index (κ3) is 6.23. The van der Waals surface area contributed by atoms with E-state index in [2.05, 4.69) is 10.6 Å². The van der Waals surface area contributed by atoms with Crippen LogP contribution in [0.2, 0.25) is 0 Å². The van der Waals surface area contributed by atoms with Crippen LogP contribution in [0.25, 0.3) is 0 Å². The molecule has 1 aromatic carbocycles. The maximum absolute atomic E-state index is 14.1. The Kier molecular flexibility index (Phi) is 8.05. The van der Waals surface area contributed by atoms with Crippen LogP contribution in [0.4, 0.5) is 14.9 Å². The lowest BCUT2D eigenvalue weighted by molar-refractivity contribution is -0.131. The molecule has 1 heterocycles. The summed E-state index contributed by atoms with van der Waals surface area (Å²) in [4.78, 5) is 38.2. The number of carbonyl (C=O) groups is 3. The molecule has 9 nitrogen and oxygen atoms in total. The Morgan fingerprint density at radius 3 is 2.17 bits per heavy atom. The fraction of sp³-hybridized carbons (Fsp3) is 0.526. The summed E-state index contributed by atoms with van der Waals surface area (Å²) in [6.07, 6.45) is 0.787. The number of ether oxygens (including phenoxy) is 2. The number of carbonyl (C=O) groups excluding carboxylic acids is 3. The summed E-state index contributed by atoms with van der Waals surface area (Å²) < 4.78 is 24.2. The molecule has 0 radical (unpaired) electrons. The van der Waals surface area contributed by atoms with E-state index in [1.807, 2.05) is 4.90 Å². The van der Waals surface area contributed by atoms with Gasteiger partial charge in [0.25, 0.3) is 0 Å². The van der Waals surface area contributed by atoms with Gasteiger partial charge in [0, 0.05) is 63.9 Å². The molecule has 1 fully saturated rings. The summed E-state index contributed by atoms with van der Waals surface area (Å²) in [6.45, 7) is 3.84. The minimum absolute atomic E-state index is 0.00712. The number of piperazine rings is 1. The maximum atomic E-state index is 14.1. The van der Waals surface area contributed by atoms with Crippen LogP contribution in [0.1, 0.15) is 19.8 Å². The molecule has 2 N–H and O–H groups in total. The molecule has 1 saturated heterocycles. The Morgan fingerprint density at radius 1 is 1.07 bits per heavy atom. The van der Waals surface area contributed by atoms with Gasteiger partial charge in [0.2, 0.25) is 17.6 Å². The average molecular weight is 410 g/mol. The number of amides is 4. The first-order chi connectivity index (χ1) is 13.8. The zero-order valence-electron chi connectivity index (χ0n) is 16.9. The van der Waals surface area contributed by atoms with Crippen LogP contribution in [0.15, 0.2) is 12.1 Å². The Morgan fingerprint density at radius 2 is 1.66 bits per heavy atom. The first-order valence-corrected chi connectivity index (χ1v) is 9.35. The number of imide groups is 1. The van der Waals surface area contributed by atoms with Gasteiger partial charge in [0.15, 0.2) is 11.5 Å².